The van der Waals surface area contributed by atoms with Crippen LogP contribution in [-0.2, 0) is 45.7 Å². The molecule has 2 N–H and O–H groups in total. The molecule has 17 heteroatoms. The number of fused-ring (bicyclic) bond motifs is 1. The van der Waals surface area contributed by atoms with Crippen LogP contribution in [0.5, 0.6) is 0 Å². The van der Waals surface area contributed by atoms with Gasteiger partial charge >= 0.3 is 6.18 Å². The molecule has 3 aliphatic rings. The number of thioether (sulfide) groups is 1. The van der Waals surface area contributed by atoms with Crippen molar-refractivity contribution in [2.24, 2.45) is 0 Å². The highest BCUT2D eigenvalue weighted by atomic mass is 32.2. The number of alkyl halides is 3. The molecule has 258 valence electrons. The van der Waals surface area contributed by atoms with Crippen molar-refractivity contribution in [1.82, 2.24) is 28.6 Å². The van der Waals surface area contributed by atoms with E-state index < -0.39 is 37.9 Å². The molecule has 0 bridgehead atoms. The second-order valence-corrected chi connectivity index (χ2v) is 17.4. The SMILES string of the molecule is CS(=O)(=O)NCCSc1cc(-c2nn(CC(O)CN3CCC(N4CCCC4)CC3)c3c2CN(S(C)(=O)=O)CC3)ccc1C(F)(F)F. The molecule has 46 heavy (non-hydrogen) atoms. The topological polar surface area (TPSA) is 128 Å². The van der Waals surface area contributed by atoms with Gasteiger partial charge in [-0.05, 0) is 64.0 Å². The maximum absolute atomic E-state index is 13.9. The lowest BCUT2D eigenvalue weighted by molar-refractivity contribution is -0.139. The molecule has 0 amide bonds. The molecule has 2 aromatic rings. The Morgan fingerprint density at radius 1 is 1.04 bits per heavy atom. The summed E-state index contributed by atoms with van der Waals surface area (Å²) in [5.74, 6) is 0.0650. The van der Waals surface area contributed by atoms with Crippen LogP contribution in [0.3, 0.4) is 0 Å². The number of aliphatic hydroxyl groups is 1. The highest BCUT2D eigenvalue weighted by molar-refractivity contribution is 7.99. The lowest BCUT2D eigenvalue weighted by atomic mass is 10.0. The van der Waals surface area contributed by atoms with Gasteiger partial charge in [0.2, 0.25) is 20.0 Å². The van der Waals surface area contributed by atoms with Gasteiger partial charge in [0.1, 0.15) is 0 Å². The number of β-amino-alcohol motifs (C(OH)–C–C–N with tert-alkyl or cyclic N) is 1. The van der Waals surface area contributed by atoms with Crippen molar-refractivity contribution in [3.05, 3.63) is 35.0 Å². The van der Waals surface area contributed by atoms with E-state index in [9.17, 15) is 35.1 Å². The van der Waals surface area contributed by atoms with Crippen LogP contribution in [0.15, 0.2) is 23.1 Å². The van der Waals surface area contributed by atoms with E-state index in [1.165, 1.54) is 29.3 Å². The summed E-state index contributed by atoms with van der Waals surface area (Å²) in [5.41, 5.74) is 1.26. The van der Waals surface area contributed by atoms with Crippen LogP contribution in [0, 0.1) is 0 Å². The molecular weight excluding hydrogens is 666 g/mol. The second-order valence-electron chi connectivity index (χ2n) is 12.5. The van der Waals surface area contributed by atoms with Gasteiger partial charge in [0.05, 0.1) is 36.4 Å². The predicted octanol–water partition coefficient (Wildman–Crippen LogP) is 2.45. The molecule has 0 saturated carbocycles. The number of aliphatic hydroxyl groups excluding tert-OH is 1. The Bertz CT molecular complexity index is 1590. The molecule has 2 fully saturated rings. The number of halogens is 3. The van der Waals surface area contributed by atoms with Crippen molar-refractivity contribution in [3.63, 3.8) is 0 Å². The van der Waals surface area contributed by atoms with Gasteiger partial charge in [0, 0.05) is 66.1 Å². The van der Waals surface area contributed by atoms with Gasteiger partial charge in [-0.15, -0.1) is 11.8 Å². The highest BCUT2D eigenvalue weighted by Gasteiger charge is 2.35. The van der Waals surface area contributed by atoms with E-state index in [1.807, 2.05) is 0 Å². The first-order valence-corrected chi connectivity index (χ1v) is 20.3. The van der Waals surface area contributed by atoms with Crippen LogP contribution in [0.1, 0.15) is 42.5 Å². The molecule has 4 heterocycles. The maximum atomic E-state index is 13.9. The molecule has 0 radical (unpaired) electrons. The van der Waals surface area contributed by atoms with Gasteiger partial charge in [-0.3, -0.25) is 4.68 Å². The van der Waals surface area contributed by atoms with Crippen molar-refractivity contribution >= 4 is 31.8 Å². The normalized spacial score (nSPS) is 20.3. The molecule has 11 nitrogen and oxygen atoms in total. The van der Waals surface area contributed by atoms with Crippen LogP contribution in [0.2, 0.25) is 0 Å². The quantitative estimate of drug-likeness (QED) is 0.253. The summed E-state index contributed by atoms with van der Waals surface area (Å²) in [4.78, 5) is 4.75. The molecule has 0 aliphatic carbocycles. The summed E-state index contributed by atoms with van der Waals surface area (Å²) >= 11 is 0.874. The number of nitrogens with zero attached hydrogens (tertiary/aromatic N) is 5. The van der Waals surface area contributed by atoms with Crippen molar-refractivity contribution < 1.29 is 35.1 Å². The number of rotatable bonds is 12. The first-order chi connectivity index (χ1) is 21.6. The Morgan fingerprint density at radius 3 is 2.37 bits per heavy atom. The van der Waals surface area contributed by atoms with E-state index in [0.717, 1.165) is 75.1 Å². The average Bonchev–Trinajstić information content (AvgIpc) is 3.63. The minimum atomic E-state index is -4.63. The molecule has 0 spiro atoms. The second kappa shape index (κ2) is 14.4. The number of aromatic nitrogens is 2. The van der Waals surface area contributed by atoms with Crippen LogP contribution in [0.25, 0.3) is 11.3 Å². The Kier molecular flexibility index (Phi) is 11.1. The van der Waals surface area contributed by atoms with Crippen LogP contribution < -0.4 is 4.72 Å². The summed E-state index contributed by atoms with van der Waals surface area (Å²) in [5, 5.41) is 15.9. The zero-order chi connectivity index (χ0) is 33.3. The Hall–Kier alpha value is -1.73. The number of hydrogen-bond acceptors (Lipinski definition) is 9. The Morgan fingerprint density at radius 2 is 1.74 bits per heavy atom. The molecule has 1 aromatic carbocycles. The number of benzene rings is 1. The number of hydrogen-bond donors (Lipinski definition) is 2. The maximum Gasteiger partial charge on any atom is 0.417 e. The molecule has 1 aromatic heterocycles. The number of nitrogens with one attached hydrogen (secondary N) is 1. The Balaban J connectivity index is 1.37. The van der Waals surface area contributed by atoms with Crippen molar-refractivity contribution in [2.45, 2.75) is 68.4 Å². The molecule has 3 aliphatic heterocycles. The van der Waals surface area contributed by atoms with Gasteiger partial charge in [-0.1, -0.05) is 6.07 Å². The standard InChI is InChI=1S/C29H43F3N6O5S3/c1-45(40,41)33-10-16-44-27-17-21(5-6-25(27)29(30,31)32)28-24-20-37(46(2,42)43)15-9-26(24)38(34-28)19-23(39)18-35-13-7-22(8-14-35)36-11-3-4-12-36/h5-6,17,22-23,33,39H,3-4,7-16,18-20H2,1-2H3. The number of sulfonamides is 2. The summed E-state index contributed by atoms with van der Waals surface area (Å²) in [7, 11) is -7.04. The predicted molar refractivity (Wildman–Crippen MR) is 171 cm³/mol. The van der Waals surface area contributed by atoms with Crippen LogP contribution in [-0.4, -0.2) is 122 Å². The van der Waals surface area contributed by atoms with Crippen LogP contribution in [0.4, 0.5) is 13.2 Å². The third-order valence-electron chi connectivity index (χ3n) is 8.92. The zero-order valence-electron chi connectivity index (χ0n) is 26.2. The lowest BCUT2D eigenvalue weighted by Gasteiger charge is -2.37. The first-order valence-electron chi connectivity index (χ1n) is 15.6. The summed E-state index contributed by atoms with van der Waals surface area (Å²) in [6, 6.07) is 4.28. The fraction of sp³-hybridized carbons (Fsp3) is 0.690. The minimum absolute atomic E-state index is 0.0192. The third-order valence-corrected chi connectivity index (χ3v) is 12.0. The first kappa shape index (κ1) is 35.6. The lowest BCUT2D eigenvalue weighted by Crippen LogP contribution is -2.46. The molecule has 1 atom stereocenters. The van der Waals surface area contributed by atoms with Gasteiger partial charge in [-0.2, -0.15) is 22.6 Å². The smallest absolute Gasteiger partial charge is 0.390 e. The minimum Gasteiger partial charge on any atom is -0.390 e. The van der Waals surface area contributed by atoms with Gasteiger partial charge in [0.25, 0.3) is 0 Å². The third kappa shape index (κ3) is 9.03. The summed E-state index contributed by atoms with van der Waals surface area (Å²) in [6.45, 7) is 4.97. The van der Waals surface area contributed by atoms with Gasteiger partial charge in [-0.25, -0.2) is 21.6 Å². The monoisotopic (exact) mass is 708 g/mol. The molecule has 5 rings (SSSR count). The average molecular weight is 709 g/mol. The summed E-state index contributed by atoms with van der Waals surface area (Å²) in [6.07, 6.45) is 1.71. The van der Waals surface area contributed by atoms with Crippen molar-refractivity contribution in [2.75, 3.05) is 64.1 Å². The largest absolute Gasteiger partial charge is 0.417 e. The van der Waals surface area contributed by atoms with E-state index in [-0.39, 0.29) is 36.8 Å². The molecule has 2 saturated heterocycles. The molecular formula is C29H43F3N6O5S3. The molecule has 1 unspecified atom stereocenters. The van der Waals surface area contributed by atoms with Gasteiger partial charge < -0.3 is 14.9 Å². The van der Waals surface area contributed by atoms with Crippen molar-refractivity contribution in [3.8, 4) is 11.3 Å². The van der Waals surface area contributed by atoms with E-state index in [4.69, 9.17) is 5.10 Å². The summed E-state index contributed by atoms with van der Waals surface area (Å²) < 4.78 is 94.8. The van der Waals surface area contributed by atoms with Crippen LogP contribution >= 0.6 is 11.8 Å². The van der Waals surface area contributed by atoms with E-state index in [0.29, 0.717) is 35.8 Å². The number of piperidine rings is 1. The highest BCUT2D eigenvalue weighted by Crippen LogP contribution is 2.40. The fourth-order valence-electron chi connectivity index (χ4n) is 6.67. The van der Waals surface area contributed by atoms with Gasteiger partial charge in [0.15, 0.2) is 0 Å². The Labute approximate surface area is 273 Å². The number of likely N-dealkylation sites (tertiary alicyclic amines) is 2. The van der Waals surface area contributed by atoms with E-state index in [2.05, 4.69) is 14.5 Å². The van der Waals surface area contributed by atoms with Crippen molar-refractivity contribution in [1.29, 1.82) is 0 Å². The van der Waals surface area contributed by atoms with E-state index in [1.54, 1.807) is 4.68 Å². The zero-order valence-corrected chi connectivity index (χ0v) is 28.6. The van der Waals surface area contributed by atoms with E-state index >= 15 is 0 Å². The fourth-order valence-corrected chi connectivity index (χ4v) is 9.03.